The van der Waals surface area contributed by atoms with Gasteiger partial charge in [0.2, 0.25) is 0 Å². The predicted molar refractivity (Wildman–Crippen MR) is 80.3 cm³/mol. The Bertz CT molecular complexity index is 667. The van der Waals surface area contributed by atoms with E-state index in [0.717, 1.165) is 16.8 Å². The lowest BCUT2D eigenvalue weighted by Gasteiger charge is -2.24. The third-order valence-electron chi connectivity index (χ3n) is 3.16. The van der Waals surface area contributed by atoms with Gasteiger partial charge in [-0.3, -0.25) is 0 Å². The molecule has 0 bridgehead atoms. The smallest absolute Gasteiger partial charge is 0.319 e. The molecule has 2 aromatic carbocycles. The van der Waals surface area contributed by atoms with Crippen LogP contribution in [-0.4, -0.2) is 6.03 Å². The second-order valence-corrected chi connectivity index (χ2v) is 5.01. The molecule has 3 rings (SSSR count). The van der Waals surface area contributed by atoms with Crippen molar-refractivity contribution in [3.05, 3.63) is 76.8 Å². The highest BCUT2D eigenvalue weighted by Crippen LogP contribution is 2.24. The van der Waals surface area contributed by atoms with Gasteiger partial charge in [0.05, 0.1) is 6.04 Å². The zero-order chi connectivity index (χ0) is 13.9. The van der Waals surface area contributed by atoms with Gasteiger partial charge in [-0.05, 0) is 29.3 Å². The van der Waals surface area contributed by atoms with Crippen molar-refractivity contribution in [2.75, 3.05) is 0 Å². The lowest BCUT2D eigenvalue weighted by Crippen LogP contribution is -2.40. The van der Waals surface area contributed by atoms with Crippen molar-refractivity contribution in [3.8, 4) is 0 Å². The summed E-state index contributed by atoms with van der Waals surface area (Å²) in [7, 11) is 0. The van der Waals surface area contributed by atoms with Gasteiger partial charge >= 0.3 is 6.03 Å². The lowest BCUT2D eigenvalue weighted by molar-refractivity contribution is 0.241. The van der Waals surface area contributed by atoms with Gasteiger partial charge in [-0.1, -0.05) is 54.1 Å². The number of carbonyl (C=O) groups excluding carboxylic acids is 1. The van der Waals surface area contributed by atoms with E-state index in [4.69, 9.17) is 11.6 Å². The number of amides is 2. The molecule has 1 atom stereocenters. The number of halogens is 1. The van der Waals surface area contributed by atoms with E-state index in [1.807, 2.05) is 60.7 Å². The zero-order valence-electron chi connectivity index (χ0n) is 10.6. The maximum Gasteiger partial charge on any atom is 0.319 e. The second-order valence-electron chi connectivity index (χ2n) is 4.58. The van der Waals surface area contributed by atoms with Crippen LogP contribution in [0.4, 0.5) is 4.79 Å². The van der Waals surface area contributed by atoms with Crippen LogP contribution in [0.2, 0.25) is 5.02 Å². The molecule has 1 aliphatic rings. The summed E-state index contributed by atoms with van der Waals surface area (Å²) in [5, 5.41) is 6.35. The Balaban J connectivity index is 1.98. The third kappa shape index (κ3) is 2.68. The fourth-order valence-electron chi connectivity index (χ4n) is 2.21. The number of hydrogen-bond donors (Lipinski definition) is 2. The second kappa shape index (κ2) is 5.39. The molecule has 2 aromatic rings. The number of benzene rings is 2. The minimum Gasteiger partial charge on any atom is -0.327 e. The summed E-state index contributed by atoms with van der Waals surface area (Å²) in [6, 6.07) is 16.9. The van der Waals surface area contributed by atoms with Crippen LogP contribution < -0.4 is 10.6 Å². The molecule has 2 N–H and O–H groups in total. The van der Waals surface area contributed by atoms with Crippen molar-refractivity contribution >= 4 is 23.3 Å². The van der Waals surface area contributed by atoms with Gasteiger partial charge in [0, 0.05) is 10.7 Å². The van der Waals surface area contributed by atoms with Crippen molar-refractivity contribution in [2.45, 2.75) is 6.04 Å². The molecule has 1 heterocycles. The monoisotopic (exact) mass is 284 g/mol. The largest absolute Gasteiger partial charge is 0.327 e. The molecule has 0 aromatic heterocycles. The summed E-state index contributed by atoms with van der Waals surface area (Å²) in [5.41, 5.74) is 2.71. The van der Waals surface area contributed by atoms with Crippen molar-refractivity contribution in [1.29, 1.82) is 0 Å². The first-order valence-corrected chi connectivity index (χ1v) is 6.70. The molecule has 0 fully saturated rings. The molecular formula is C16H13ClN2O. The van der Waals surface area contributed by atoms with Crippen molar-refractivity contribution in [3.63, 3.8) is 0 Å². The van der Waals surface area contributed by atoms with Gasteiger partial charge in [0.25, 0.3) is 0 Å². The summed E-state index contributed by atoms with van der Waals surface area (Å²) in [4.78, 5) is 11.8. The number of rotatable bonds is 2. The minimum absolute atomic E-state index is 0.140. The maximum absolute atomic E-state index is 11.8. The van der Waals surface area contributed by atoms with Crippen molar-refractivity contribution in [1.82, 2.24) is 10.6 Å². The molecule has 1 aliphatic heterocycles. The van der Waals surface area contributed by atoms with E-state index in [1.165, 1.54) is 0 Å². The molecule has 0 radical (unpaired) electrons. The summed E-state index contributed by atoms with van der Waals surface area (Å²) < 4.78 is 0. The Kier molecular flexibility index (Phi) is 3.44. The Morgan fingerprint density at radius 3 is 2.55 bits per heavy atom. The summed E-state index contributed by atoms with van der Waals surface area (Å²) in [6.07, 6.45) is 1.99. The summed E-state index contributed by atoms with van der Waals surface area (Å²) >= 11 is 6.00. The highest BCUT2D eigenvalue weighted by molar-refractivity contribution is 6.30. The molecule has 0 saturated carbocycles. The van der Waals surface area contributed by atoms with E-state index >= 15 is 0 Å². The number of carbonyl (C=O) groups is 1. The first-order valence-electron chi connectivity index (χ1n) is 6.32. The van der Waals surface area contributed by atoms with Gasteiger partial charge in [0.15, 0.2) is 0 Å². The zero-order valence-corrected chi connectivity index (χ0v) is 11.4. The van der Waals surface area contributed by atoms with E-state index in [2.05, 4.69) is 10.6 Å². The van der Waals surface area contributed by atoms with E-state index in [1.54, 1.807) is 0 Å². The standard InChI is InChI=1S/C16H13ClN2O/c17-13-8-4-7-12(9-13)15-10-14(18-16(20)19-15)11-5-2-1-3-6-11/h1-10,14H,(H2,18,19,20). The number of nitrogens with one attached hydrogen (secondary N) is 2. The molecule has 3 nitrogen and oxygen atoms in total. The van der Waals surface area contributed by atoms with Gasteiger partial charge in [-0.2, -0.15) is 0 Å². The fourth-order valence-corrected chi connectivity index (χ4v) is 2.40. The highest BCUT2D eigenvalue weighted by atomic mass is 35.5. The van der Waals surface area contributed by atoms with E-state index in [0.29, 0.717) is 5.02 Å². The van der Waals surface area contributed by atoms with Crippen LogP contribution in [-0.2, 0) is 0 Å². The summed E-state index contributed by atoms with van der Waals surface area (Å²) in [5.74, 6) is 0. The van der Waals surface area contributed by atoms with E-state index < -0.39 is 0 Å². The van der Waals surface area contributed by atoms with Gasteiger partial charge in [-0.25, -0.2) is 4.79 Å². The van der Waals surface area contributed by atoms with Crippen LogP contribution >= 0.6 is 11.6 Å². The van der Waals surface area contributed by atoms with Crippen molar-refractivity contribution in [2.24, 2.45) is 0 Å². The average molecular weight is 285 g/mol. The molecule has 20 heavy (non-hydrogen) atoms. The Morgan fingerprint density at radius 2 is 1.80 bits per heavy atom. The fraction of sp³-hybridized carbons (Fsp3) is 0.0625. The Labute approximate surface area is 122 Å². The van der Waals surface area contributed by atoms with Crippen LogP contribution in [0.1, 0.15) is 17.2 Å². The number of hydrogen-bond acceptors (Lipinski definition) is 1. The normalized spacial score (nSPS) is 17.9. The molecule has 1 unspecified atom stereocenters. The molecular weight excluding hydrogens is 272 g/mol. The van der Waals surface area contributed by atoms with Gasteiger partial charge in [0.1, 0.15) is 0 Å². The first kappa shape index (κ1) is 12.8. The Morgan fingerprint density at radius 1 is 1.00 bits per heavy atom. The van der Waals surface area contributed by atoms with Crippen LogP contribution in [0.25, 0.3) is 5.70 Å². The van der Waals surface area contributed by atoms with Gasteiger partial charge in [-0.15, -0.1) is 0 Å². The average Bonchev–Trinajstić information content (AvgIpc) is 2.47. The van der Waals surface area contributed by atoms with Crippen LogP contribution in [0.15, 0.2) is 60.7 Å². The first-order chi connectivity index (χ1) is 9.72. The highest BCUT2D eigenvalue weighted by Gasteiger charge is 2.20. The minimum atomic E-state index is -0.212. The topological polar surface area (TPSA) is 41.1 Å². The number of urea groups is 1. The van der Waals surface area contributed by atoms with Crippen molar-refractivity contribution < 1.29 is 4.79 Å². The molecule has 4 heteroatoms. The Hall–Kier alpha value is -2.26. The van der Waals surface area contributed by atoms with E-state index in [-0.39, 0.29) is 12.1 Å². The SMILES string of the molecule is O=C1NC(c2cccc(Cl)c2)=CC(c2ccccc2)N1. The molecule has 0 spiro atoms. The predicted octanol–water partition coefficient (Wildman–Crippen LogP) is 3.74. The molecule has 100 valence electrons. The molecule has 0 saturated heterocycles. The third-order valence-corrected chi connectivity index (χ3v) is 3.40. The van der Waals surface area contributed by atoms with Crippen LogP contribution in [0.5, 0.6) is 0 Å². The van der Waals surface area contributed by atoms with E-state index in [9.17, 15) is 4.79 Å². The summed E-state index contributed by atoms with van der Waals surface area (Å²) in [6.45, 7) is 0. The lowest BCUT2D eigenvalue weighted by atomic mass is 10.0. The van der Waals surface area contributed by atoms with Crippen LogP contribution in [0.3, 0.4) is 0 Å². The van der Waals surface area contributed by atoms with Gasteiger partial charge < -0.3 is 10.6 Å². The quantitative estimate of drug-likeness (QED) is 0.867. The molecule has 0 aliphatic carbocycles. The molecule has 2 amide bonds. The maximum atomic E-state index is 11.8. The van der Waals surface area contributed by atoms with Crippen LogP contribution in [0, 0.1) is 0 Å².